The summed E-state index contributed by atoms with van der Waals surface area (Å²) in [6, 6.07) is 14.6. The Morgan fingerprint density at radius 1 is 1.03 bits per heavy atom. The minimum absolute atomic E-state index is 0.0962. The van der Waals surface area contributed by atoms with Crippen molar-refractivity contribution in [2.24, 2.45) is 5.73 Å². The van der Waals surface area contributed by atoms with E-state index >= 15 is 0 Å². The van der Waals surface area contributed by atoms with Gasteiger partial charge in [-0.05, 0) is 18.1 Å². The van der Waals surface area contributed by atoms with Crippen molar-refractivity contribution in [2.45, 2.75) is 38.8 Å². The van der Waals surface area contributed by atoms with Gasteiger partial charge in [-0.25, -0.2) is 4.68 Å². The zero-order valence-corrected chi connectivity index (χ0v) is 16.3. The molecule has 0 aliphatic heterocycles. The number of hydrogen-bond donors (Lipinski definition) is 2. The van der Waals surface area contributed by atoms with Gasteiger partial charge >= 0.3 is 0 Å². The maximum absolute atomic E-state index is 13.0. The highest BCUT2D eigenvalue weighted by Gasteiger charge is 2.24. The average Bonchev–Trinajstić information content (AvgIpc) is 2.74. The summed E-state index contributed by atoms with van der Waals surface area (Å²) < 4.78 is 1.33. The van der Waals surface area contributed by atoms with Crippen LogP contribution < -0.4 is 16.6 Å². The summed E-state index contributed by atoms with van der Waals surface area (Å²) >= 11 is 0. The number of fused-ring (bicyclic) bond motifs is 1. The van der Waals surface area contributed by atoms with E-state index in [0.29, 0.717) is 22.9 Å². The first-order valence-corrected chi connectivity index (χ1v) is 9.68. The molecule has 7 nitrogen and oxygen atoms in total. The second kappa shape index (κ2) is 9.14. The van der Waals surface area contributed by atoms with Gasteiger partial charge in [-0.3, -0.25) is 14.4 Å². The van der Waals surface area contributed by atoms with Gasteiger partial charge in [0, 0.05) is 11.9 Å². The fourth-order valence-electron chi connectivity index (χ4n) is 3.23. The number of carbonyl (C=O) groups excluding carboxylic acids is 2. The van der Waals surface area contributed by atoms with E-state index < -0.39 is 17.9 Å². The third-order valence-corrected chi connectivity index (χ3v) is 4.75. The van der Waals surface area contributed by atoms with Gasteiger partial charge in [-0.2, -0.15) is 5.10 Å². The Kier molecular flexibility index (Phi) is 6.39. The number of aromatic nitrogens is 2. The molecule has 1 atom stereocenters. The van der Waals surface area contributed by atoms with Gasteiger partial charge in [0.25, 0.3) is 11.5 Å². The Morgan fingerprint density at radius 2 is 1.69 bits per heavy atom. The minimum atomic E-state index is -0.996. The highest BCUT2D eigenvalue weighted by molar-refractivity contribution is 6.06. The molecule has 3 N–H and O–H groups in total. The fourth-order valence-corrected chi connectivity index (χ4v) is 3.23. The second-order valence-corrected chi connectivity index (χ2v) is 6.85. The molecule has 2 amide bonds. The lowest BCUT2D eigenvalue weighted by Gasteiger charge is -2.17. The molecule has 3 rings (SSSR count). The molecule has 0 bridgehead atoms. The first-order chi connectivity index (χ1) is 14.0. The van der Waals surface area contributed by atoms with Gasteiger partial charge in [0.05, 0.1) is 5.39 Å². The predicted molar refractivity (Wildman–Crippen MR) is 111 cm³/mol. The summed E-state index contributed by atoms with van der Waals surface area (Å²) in [5.74, 6) is -1.23. The molecule has 2 aromatic carbocycles. The number of nitrogens with zero attached hydrogens (tertiary/aromatic N) is 2. The Balaban J connectivity index is 2.01. The molecule has 0 fully saturated rings. The topological polar surface area (TPSA) is 107 Å². The van der Waals surface area contributed by atoms with Crippen LogP contribution in [0.25, 0.3) is 10.8 Å². The summed E-state index contributed by atoms with van der Waals surface area (Å²) in [4.78, 5) is 37.7. The van der Waals surface area contributed by atoms with Crippen LogP contribution in [0.2, 0.25) is 0 Å². The molecule has 0 aliphatic rings. The summed E-state index contributed by atoms with van der Waals surface area (Å²) in [6.07, 6.45) is 2.75. The van der Waals surface area contributed by atoms with Crippen LogP contribution in [-0.2, 0) is 11.3 Å². The summed E-state index contributed by atoms with van der Waals surface area (Å²) in [5.41, 5.74) is 5.95. The zero-order chi connectivity index (χ0) is 20.8. The molecule has 1 heterocycles. The highest BCUT2D eigenvalue weighted by Crippen LogP contribution is 2.17. The largest absolute Gasteiger partial charge is 0.368 e. The number of nitrogens with one attached hydrogen (secondary N) is 1. The number of carbonyl (C=O) groups is 2. The lowest BCUT2D eigenvalue weighted by molar-refractivity contribution is -0.120. The quantitative estimate of drug-likeness (QED) is 0.574. The van der Waals surface area contributed by atoms with Crippen molar-refractivity contribution in [3.05, 3.63) is 76.2 Å². The van der Waals surface area contributed by atoms with Crippen molar-refractivity contribution in [1.29, 1.82) is 0 Å². The van der Waals surface area contributed by atoms with Gasteiger partial charge in [-0.1, -0.05) is 68.3 Å². The van der Waals surface area contributed by atoms with Crippen LogP contribution in [0.15, 0.2) is 59.4 Å². The molecule has 0 saturated carbocycles. The minimum Gasteiger partial charge on any atom is -0.368 e. The van der Waals surface area contributed by atoms with Crippen molar-refractivity contribution < 1.29 is 9.59 Å². The van der Waals surface area contributed by atoms with Crippen molar-refractivity contribution in [2.75, 3.05) is 0 Å². The van der Waals surface area contributed by atoms with Gasteiger partial charge in [0.15, 0.2) is 5.69 Å². The Bertz CT molecular complexity index is 1080. The van der Waals surface area contributed by atoms with Crippen molar-refractivity contribution >= 4 is 22.6 Å². The van der Waals surface area contributed by atoms with Gasteiger partial charge < -0.3 is 11.1 Å². The molecule has 0 spiro atoms. The molecule has 0 aliphatic carbocycles. The van der Waals surface area contributed by atoms with Crippen molar-refractivity contribution in [3.63, 3.8) is 0 Å². The normalized spacial score (nSPS) is 11.9. The van der Waals surface area contributed by atoms with Crippen LogP contribution >= 0.6 is 0 Å². The van der Waals surface area contributed by atoms with E-state index in [-0.39, 0.29) is 11.3 Å². The number of primary amides is 1. The van der Waals surface area contributed by atoms with Crippen molar-refractivity contribution in [1.82, 2.24) is 15.1 Å². The number of nitrogens with two attached hydrogens (primary N) is 1. The van der Waals surface area contributed by atoms with Crippen LogP contribution in [0.1, 0.15) is 48.3 Å². The maximum atomic E-state index is 13.0. The Labute approximate surface area is 168 Å². The molecule has 1 aromatic heterocycles. The number of aryl methyl sites for hydroxylation is 1. The van der Waals surface area contributed by atoms with Crippen LogP contribution in [0, 0.1) is 0 Å². The van der Waals surface area contributed by atoms with Crippen LogP contribution in [0.4, 0.5) is 0 Å². The zero-order valence-electron chi connectivity index (χ0n) is 16.3. The van der Waals surface area contributed by atoms with E-state index in [2.05, 4.69) is 17.3 Å². The summed E-state index contributed by atoms with van der Waals surface area (Å²) in [6.45, 7) is 2.50. The molecule has 0 saturated heterocycles. The van der Waals surface area contributed by atoms with Crippen LogP contribution in [0.3, 0.4) is 0 Å². The van der Waals surface area contributed by atoms with Gasteiger partial charge in [-0.15, -0.1) is 0 Å². The lowest BCUT2D eigenvalue weighted by atomic mass is 10.1. The van der Waals surface area contributed by atoms with Crippen LogP contribution in [-0.4, -0.2) is 21.6 Å². The molecular formula is C22H24N4O3. The first-order valence-electron chi connectivity index (χ1n) is 9.68. The molecule has 1 unspecified atom stereocenters. The third-order valence-electron chi connectivity index (χ3n) is 4.75. The predicted octanol–water partition coefficient (Wildman–Crippen LogP) is 2.54. The van der Waals surface area contributed by atoms with Crippen LogP contribution in [0.5, 0.6) is 0 Å². The fraction of sp³-hybridized carbons (Fsp3) is 0.273. The number of unbranched alkanes of at least 4 members (excludes halogenated alkanes) is 2. The SMILES string of the molecule is CCCCCn1nc(C(=O)NC(C(N)=O)c2ccccc2)c2ccccc2c1=O. The molecule has 3 aromatic rings. The van der Waals surface area contributed by atoms with Gasteiger partial charge in [0.1, 0.15) is 6.04 Å². The Morgan fingerprint density at radius 3 is 2.34 bits per heavy atom. The first kappa shape index (κ1) is 20.3. The van der Waals surface area contributed by atoms with E-state index in [4.69, 9.17) is 5.73 Å². The van der Waals surface area contributed by atoms with E-state index in [1.807, 2.05) is 6.07 Å². The lowest BCUT2D eigenvalue weighted by Crippen LogP contribution is -2.39. The second-order valence-electron chi connectivity index (χ2n) is 6.85. The van der Waals surface area contributed by atoms with Gasteiger partial charge in [0.2, 0.25) is 5.91 Å². The van der Waals surface area contributed by atoms with Crippen molar-refractivity contribution in [3.8, 4) is 0 Å². The maximum Gasteiger partial charge on any atom is 0.274 e. The number of benzene rings is 2. The molecule has 0 radical (unpaired) electrons. The summed E-state index contributed by atoms with van der Waals surface area (Å²) in [5, 5.41) is 7.84. The third kappa shape index (κ3) is 4.51. The molecule has 7 heteroatoms. The Hall–Kier alpha value is -3.48. The van der Waals surface area contributed by atoms with E-state index in [1.54, 1.807) is 48.5 Å². The van der Waals surface area contributed by atoms with E-state index in [0.717, 1.165) is 19.3 Å². The average molecular weight is 392 g/mol. The summed E-state index contributed by atoms with van der Waals surface area (Å²) in [7, 11) is 0. The molecular weight excluding hydrogens is 368 g/mol. The number of rotatable bonds is 8. The van der Waals surface area contributed by atoms with E-state index in [1.165, 1.54) is 4.68 Å². The number of amides is 2. The number of hydrogen-bond acceptors (Lipinski definition) is 4. The smallest absolute Gasteiger partial charge is 0.274 e. The molecule has 150 valence electrons. The monoisotopic (exact) mass is 392 g/mol. The highest BCUT2D eigenvalue weighted by atomic mass is 16.2. The van der Waals surface area contributed by atoms with E-state index in [9.17, 15) is 14.4 Å². The molecule has 29 heavy (non-hydrogen) atoms. The standard InChI is InChI=1S/C22H24N4O3/c1-2-3-9-14-26-22(29)17-13-8-7-12-16(17)19(25-26)21(28)24-18(20(23)27)15-10-5-4-6-11-15/h4-8,10-13,18H,2-3,9,14H2,1H3,(H2,23,27)(H,24,28).